The number of ketones is 1. The minimum atomic E-state index is -1.99. The number of esters is 1. The summed E-state index contributed by atoms with van der Waals surface area (Å²) in [6.07, 6.45) is 9.53. The zero-order valence-corrected chi connectivity index (χ0v) is 33.0. The standard InChI is InChI=1S/C45H52N4O7/c1-6-26-18-27-21-44(36-29(24-48(22-26)23-27)28-11-8-9-12-32(28)46-36)31-19-30-33(20-34(31)54-41-55-40(44)56-41)47(4)38-43(30)14-16-49-15-10-13-42(7-2,37(43)49)35(17-25(3)50)45(38,52)39(51)53-5/h8-13,18-20,27,35,37-38,40-41,46,52H,6-7,14-17,21-24H2,1-5H3/t27-,35+,37-,38+,40?,41?,42-,43+,44-,45+/m1/s1. The summed E-state index contributed by atoms with van der Waals surface area (Å²) in [7, 11) is 3.34. The third-order valence-electron chi connectivity index (χ3n) is 15.7. The van der Waals surface area contributed by atoms with Crippen LogP contribution in [-0.2, 0) is 41.2 Å². The van der Waals surface area contributed by atoms with E-state index >= 15 is 0 Å². The third-order valence-corrected chi connectivity index (χ3v) is 15.7. The maximum absolute atomic E-state index is 14.4. The van der Waals surface area contributed by atoms with Crippen LogP contribution in [0.3, 0.4) is 0 Å². The number of nitrogens with zero attached hydrogens (tertiary/aromatic N) is 3. The van der Waals surface area contributed by atoms with Crippen LogP contribution in [-0.4, -0.2) is 102 Å². The van der Waals surface area contributed by atoms with E-state index in [4.69, 9.17) is 18.9 Å². The van der Waals surface area contributed by atoms with Gasteiger partial charge in [0, 0.05) is 96.4 Å². The van der Waals surface area contributed by atoms with Gasteiger partial charge in [0.05, 0.1) is 18.6 Å². The number of nitrogens with one attached hydrogen (secondary N) is 1. The van der Waals surface area contributed by atoms with Gasteiger partial charge in [-0.3, -0.25) is 19.3 Å². The van der Waals surface area contributed by atoms with Crippen molar-refractivity contribution in [3.63, 3.8) is 0 Å². The maximum atomic E-state index is 14.4. The molecule has 11 heteroatoms. The van der Waals surface area contributed by atoms with E-state index in [0.29, 0.717) is 12.2 Å². The minimum Gasteiger partial charge on any atom is -0.467 e. The van der Waals surface area contributed by atoms with Crippen LogP contribution in [0.2, 0.25) is 0 Å². The number of aliphatic hydroxyl groups is 1. The molecule has 1 aromatic heterocycles. The fourth-order valence-corrected chi connectivity index (χ4v) is 13.8. The van der Waals surface area contributed by atoms with Crippen LogP contribution in [0.25, 0.3) is 10.9 Å². The zero-order valence-electron chi connectivity index (χ0n) is 33.0. The number of hydrogen-bond donors (Lipinski definition) is 2. The first-order chi connectivity index (χ1) is 27.0. The highest BCUT2D eigenvalue weighted by Gasteiger charge is 2.79. The predicted molar refractivity (Wildman–Crippen MR) is 209 cm³/mol. The number of rotatable bonds is 5. The number of benzene rings is 2. The summed E-state index contributed by atoms with van der Waals surface area (Å²) in [5, 5.41) is 14.6. The third kappa shape index (κ3) is 4.15. The molecule has 9 heterocycles. The minimum absolute atomic E-state index is 0.0550. The second kappa shape index (κ2) is 11.8. The molecule has 9 atom stereocenters. The summed E-state index contributed by atoms with van der Waals surface area (Å²) >= 11 is 0. The summed E-state index contributed by atoms with van der Waals surface area (Å²) in [6.45, 7) is 9.37. The van der Waals surface area contributed by atoms with Crippen LogP contribution >= 0.6 is 0 Å². The Balaban J connectivity index is 1.20. The number of fused-ring (bicyclic) bond motifs is 6. The summed E-state index contributed by atoms with van der Waals surface area (Å²) in [5.74, 6) is -0.500. The Bertz CT molecular complexity index is 2260. The van der Waals surface area contributed by atoms with E-state index in [-0.39, 0.29) is 24.2 Å². The Morgan fingerprint density at radius 3 is 2.68 bits per heavy atom. The number of aromatic nitrogens is 1. The zero-order chi connectivity index (χ0) is 38.5. The first kappa shape index (κ1) is 35.2. The number of anilines is 1. The Hall–Kier alpha value is -4.00. The summed E-state index contributed by atoms with van der Waals surface area (Å²) in [6, 6.07) is 12.3. The SMILES string of the molecule is CCC1=C[C@H]2CN(C1)Cc1c([nH]c3ccccc13)[C@@]1(C2)c2cc3c(cc2OC2OC1O2)N(C)[C@@H]1[C@](O)(C(=O)OC)[C@@H](CC(C)=O)[C@@]2(CC)C=CCN4CC[C@@]31[C@H]42. The molecule has 56 heavy (non-hydrogen) atoms. The van der Waals surface area contributed by atoms with Crippen molar-refractivity contribution in [2.24, 2.45) is 17.3 Å². The van der Waals surface area contributed by atoms with Gasteiger partial charge < -0.3 is 29.3 Å². The number of ether oxygens (including phenoxy) is 4. The molecule has 0 amide bonds. The molecule has 1 saturated carbocycles. The highest BCUT2D eigenvalue weighted by molar-refractivity contribution is 5.89. The molecule has 2 aromatic carbocycles. The fourth-order valence-electron chi connectivity index (χ4n) is 13.8. The lowest BCUT2D eigenvalue weighted by Gasteiger charge is -2.64. The van der Waals surface area contributed by atoms with Crippen molar-refractivity contribution in [3.05, 3.63) is 82.6 Å². The number of hydrogen-bond acceptors (Lipinski definition) is 10. The first-order valence-electron chi connectivity index (χ1n) is 20.7. The molecular formula is C45H52N4O7. The number of aromatic amines is 1. The van der Waals surface area contributed by atoms with Gasteiger partial charge in [-0.2, -0.15) is 0 Å². The van der Waals surface area contributed by atoms with Gasteiger partial charge in [0.15, 0.2) is 11.9 Å². The molecule has 2 saturated heterocycles. The van der Waals surface area contributed by atoms with Gasteiger partial charge in [0.1, 0.15) is 11.5 Å². The highest BCUT2D eigenvalue weighted by atomic mass is 17.0. The van der Waals surface area contributed by atoms with Crippen molar-refractivity contribution in [3.8, 4) is 5.75 Å². The molecular weight excluding hydrogens is 709 g/mol. The normalized spacial score (nSPS) is 39.9. The molecule has 0 radical (unpaired) electrons. The Morgan fingerprint density at radius 1 is 1.09 bits per heavy atom. The predicted octanol–water partition coefficient (Wildman–Crippen LogP) is 5.28. The number of likely N-dealkylation sites (N-methyl/N-ethyl adjacent to an activating group) is 1. The van der Waals surface area contributed by atoms with Crippen molar-refractivity contribution in [1.29, 1.82) is 0 Å². The summed E-state index contributed by atoms with van der Waals surface area (Å²) in [4.78, 5) is 38.8. The molecule has 4 bridgehead atoms. The highest BCUT2D eigenvalue weighted by Crippen LogP contribution is 2.70. The Kier molecular flexibility index (Phi) is 7.41. The van der Waals surface area contributed by atoms with E-state index in [9.17, 15) is 14.7 Å². The molecule has 2 spiro atoms. The molecule has 1 aliphatic carbocycles. The largest absolute Gasteiger partial charge is 0.467 e. The Morgan fingerprint density at radius 2 is 1.91 bits per heavy atom. The van der Waals surface area contributed by atoms with Crippen molar-refractivity contribution >= 4 is 28.3 Å². The molecule has 3 fully saturated rings. The molecule has 11 nitrogen and oxygen atoms in total. The quantitative estimate of drug-likeness (QED) is 0.263. The molecule has 8 aliphatic heterocycles. The van der Waals surface area contributed by atoms with Crippen molar-refractivity contribution in [2.75, 3.05) is 45.2 Å². The maximum Gasteiger partial charge on any atom is 0.340 e. The number of carbonyl (C=O) groups excluding carboxylic acids is 2. The second-order valence-corrected chi connectivity index (χ2v) is 18.0. The van der Waals surface area contributed by atoms with E-state index in [1.807, 2.05) is 7.05 Å². The topological polar surface area (TPSA) is 117 Å². The van der Waals surface area contributed by atoms with Crippen LogP contribution in [0.15, 0.2) is 60.2 Å². The van der Waals surface area contributed by atoms with Gasteiger partial charge in [-0.05, 0) is 68.3 Å². The number of Topliss-reactive ketones (excluding diaryl/α,β-unsaturated/α-hetero) is 1. The van der Waals surface area contributed by atoms with Crippen LogP contribution in [0.4, 0.5) is 5.69 Å². The average Bonchev–Trinajstić information content (AvgIpc) is 3.77. The lowest BCUT2D eigenvalue weighted by Crippen LogP contribution is -2.78. The van der Waals surface area contributed by atoms with Crippen LogP contribution in [0.1, 0.15) is 75.3 Å². The number of H-pyrrole nitrogens is 1. The number of methoxy groups -OCH3 is 1. The van der Waals surface area contributed by atoms with Gasteiger partial charge in [0.25, 0.3) is 0 Å². The van der Waals surface area contributed by atoms with Gasteiger partial charge in [0.2, 0.25) is 0 Å². The summed E-state index contributed by atoms with van der Waals surface area (Å²) < 4.78 is 25.5. The van der Waals surface area contributed by atoms with Crippen LogP contribution in [0.5, 0.6) is 5.75 Å². The average molecular weight is 761 g/mol. The first-order valence-corrected chi connectivity index (χ1v) is 20.7. The van der Waals surface area contributed by atoms with E-state index in [0.717, 1.165) is 80.0 Å². The molecule has 1 unspecified atom stereocenters. The van der Waals surface area contributed by atoms with Gasteiger partial charge >= 0.3 is 12.4 Å². The van der Waals surface area contributed by atoms with E-state index < -0.39 is 52.5 Å². The monoisotopic (exact) mass is 760 g/mol. The second-order valence-electron chi connectivity index (χ2n) is 18.0. The lowest BCUT2D eigenvalue weighted by molar-refractivity contribution is -0.454. The molecule has 12 rings (SSSR count). The van der Waals surface area contributed by atoms with Crippen molar-refractivity contribution in [2.45, 2.75) is 101 Å². The smallest absolute Gasteiger partial charge is 0.340 e. The lowest BCUT2D eigenvalue weighted by atomic mass is 9.44. The fraction of sp³-hybridized carbons (Fsp3) is 0.556. The van der Waals surface area contributed by atoms with E-state index in [2.05, 4.69) is 88.2 Å². The number of para-hydroxylation sites is 1. The molecule has 294 valence electrons. The van der Waals surface area contributed by atoms with Crippen molar-refractivity contribution < 1.29 is 33.6 Å². The summed E-state index contributed by atoms with van der Waals surface area (Å²) in [5.41, 5.74) is 3.82. The van der Waals surface area contributed by atoms with Crippen LogP contribution < -0.4 is 9.64 Å². The van der Waals surface area contributed by atoms with Crippen molar-refractivity contribution in [1.82, 2.24) is 14.8 Å². The molecule has 2 N–H and O–H groups in total. The Labute approximate surface area is 327 Å². The molecule has 9 aliphatic rings. The van der Waals surface area contributed by atoms with E-state index in [1.54, 1.807) is 6.92 Å². The van der Waals surface area contributed by atoms with Crippen LogP contribution in [0, 0.1) is 17.3 Å². The molecule has 3 aromatic rings. The van der Waals surface area contributed by atoms with E-state index in [1.165, 1.54) is 23.6 Å². The number of carbonyl (C=O) groups is 2. The van der Waals surface area contributed by atoms with Gasteiger partial charge in [-0.15, -0.1) is 0 Å². The van der Waals surface area contributed by atoms with Gasteiger partial charge in [-0.1, -0.05) is 55.8 Å². The van der Waals surface area contributed by atoms with Gasteiger partial charge in [-0.25, -0.2) is 4.79 Å².